The fourth-order valence-electron chi connectivity index (χ4n) is 1.75. The Morgan fingerprint density at radius 3 is 2.50 bits per heavy atom. The summed E-state index contributed by atoms with van der Waals surface area (Å²) in [5.74, 6) is -0.963. The lowest BCUT2D eigenvalue weighted by Crippen LogP contribution is -2.13. The second kappa shape index (κ2) is 6.39. The Labute approximate surface area is 121 Å². The van der Waals surface area contributed by atoms with Gasteiger partial charge in [0, 0.05) is 17.8 Å². The number of anilines is 2. The van der Waals surface area contributed by atoms with Crippen molar-refractivity contribution in [1.82, 2.24) is 0 Å². The number of benzene rings is 2. The maximum Gasteiger partial charge on any atom is 0.255 e. The van der Waals surface area contributed by atoms with Gasteiger partial charge in [-0.3, -0.25) is 4.79 Å². The average molecular weight is 293 g/mol. The molecular formula is C15H14ClFN2O. The average Bonchev–Trinajstić information content (AvgIpc) is 2.44. The molecule has 3 nitrogen and oxygen atoms in total. The number of rotatable bonds is 4. The normalized spacial score (nSPS) is 10.2. The molecule has 2 aromatic carbocycles. The Balaban J connectivity index is 2.16. The van der Waals surface area contributed by atoms with E-state index in [0.717, 1.165) is 12.2 Å². The molecule has 0 unspecified atom stereocenters. The third-order valence-corrected chi connectivity index (χ3v) is 3.04. The maximum absolute atomic E-state index is 13.6. The number of hydrogen-bond acceptors (Lipinski definition) is 2. The molecule has 0 spiro atoms. The number of halogens is 2. The van der Waals surface area contributed by atoms with E-state index in [9.17, 15) is 9.18 Å². The summed E-state index contributed by atoms with van der Waals surface area (Å²) in [6.45, 7) is 2.79. The Morgan fingerprint density at radius 1 is 1.20 bits per heavy atom. The van der Waals surface area contributed by atoms with Gasteiger partial charge in [0.2, 0.25) is 0 Å². The van der Waals surface area contributed by atoms with Crippen LogP contribution in [0.5, 0.6) is 0 Å². The lowest BCUT2D eigenvalue weighted by molar-refractivity contribution is 0.102. The van der Waals surface area contributed by atoms with Gasteiger partial charge in [0.25, 0.3) is 5.91 Å². The van der Waals surface area contributed by atoms with Crippen molar-refractivity contribution in [3.05, 3.63) is 58.9 Å². The van der Waals surface area contributed by atoms with Gasteiger partial charge >= 0.3 is 0 Å². The minimum atomic E-state index is -0.560. The molecule has 0 aliphatic rings. The summed E-state index contributed by atoms with van der Waals surface area (Å²) in [5, 5.41) is 5.78. The first kappa shape index (κ1) is 14.3. The van der Waals surface area contributed by atoms with Crippen LogP contribution >= 0.6 is 11.6 Å². The van der Waals surface area contributed by atoms with Crippen molar-refractivity contribution in [3.63, 3.8) is 0 Å². The summed E-state index contributed by atoms with van der Waals surface area (Å²) >= 11 is 5.86. The van der Waals surface area contributed by atoms with Crippen LogP contribution in [0.1, 0.15) is 17.3 Å². The standard InChI is InChI=1S/C15H14ClFN2O/c1-2-18-11-8-6-10(7-9-11)15(20)19-14-12(16)4-3-5-13(14)17/h3-9,18H,2H2,1H3,(H,19,20). The largest absolute Gasteiger partial charge is 0.385 e. The summed E-state index contributed by atoms with van der Waals surface area (Å²) in [6.07, 6.45) is 0. The summed E-state index contributed by atoms with van der Waals surface area (Å²) in [7, 11) is 0. The predicted molar refractivity (Wildman–Crippen MR) is 80.0 cm³/mol. The van der Waals surface area contributed by atoms with Crippen molar-refractivity contribution in [2.45, 2.75) is 6.92 Å². The Bertz CT molecular complexity index is 594. The van der Waals surface area contributed by atoms with Crippen LogP contribution in [0.25, 0.3) is 0 Å². The molecule has 20 heavy (non-hydrogen) atoms. The monoisotopic (exact) mass is 292 g/mol. The van der Waals surface area contributed by atoms with Crippen molar-refractivity contribution in [1.29, 1.82) is 0 Å². The molecule has 104 valence electrons. The van der Waals surface area contributed by atoms with Crippen LogP contribution in [0.15, 0.2) is 42.5 Å². The SMILES string of the molecule is CCNc1ccc(C(=O)Nc2c(F)cccc2Cl)cc1. The Kier molecular flexibility index (Phi) is 4.58. The zero-order valence-electron chi connectivity index (χ0n) is 10.9. The van der Waals surface area contributed by atoms with E-state index in [-0.39, 0.29) is 10.7 Å². The Hall–Kier alpha value is -2.07. The van der Waals surface area contributed by atoms with Crippen LogP contribution < -0.4 is 10.6 Å². The number of para-hydroxylation sites is 1. The van der Waals surface area contributed by atoms with Gasteiger partial charge in [0.15, 0.2) is 0 Å². The third kappa shape index (κ3) is 3.27. The van der Waals surface area contributed by atoms with Gasteiger partial charge < -0.3 is 10.6 Å². The highest BCUT2D eigenvalue weighted by atomic mass is 35.5. The van der Waals surface area contributed by atoms with Gasteiger partial charge in [-0.25, -0.2) is 4.39 Å². The molecule has 2 aromatic rings. The van der Waals surface area contributed by atoms with Crippen LogP contribution in [0.2, 0.25) is 5.02 Å². The van der Waals surface area contributed by atoms with Crippen molar-refractivity contribution < 1.29 is 9.18 Å². The van der Waals surface area contributed by atoms with Crippen molar-refractivity contribution >= 4 is 28.9 Å². The molecule has 0 aliphatic heterocycles. The smallest absolute Gasteiger partial charge is 0.255 e. The number of carbonyl (C=O) groups is 1. The molecule has 0 bridgehead atoms. The van der Waals surface area contributed by atoms with Crippen molar-refractivity contribution in [3.8, 4) is 0 Å². The second-order valence-corrected chi connectivity index (χ2v) is 4.57. The summed E-state index contributed by atoms with van der Waals surface area (Å²) in [5.41, 5.74) is 1.36. The van der Waals surface area contributed by atoms with Crippen molar-refractivity contribution in [2.24, 2.45) is 0 Å². The van der Waals surface area contributed by atoms with Gasteiger partial charge in [-0.1, -0.05) is 17.7 Å². The molecule has 0 radical (unpaired) electrons. The second-order valence-electron chi connectivity index (χ2n) is 4.16. The van der Waals surface area contributed by atoms with Crippen LogP contribution in [0.4, 0.5) is 15.8 Å². The van der Waals surface area contributed by atoms with Crippen molar-refractivity contribution in [2.75, 3.05) is 17.2 Å². The molecule has 0 saturated heterocycles. The van der Waals surface area contributed by atoms with E-state index in [1.165, 1.54) is 18.2 Å². The highest BCUT2D eigenvalue weighted by molar-refractivity contribution is 6.34. The van der Waals surface area contributed by atoms with E-state index in [2.05, 4.69) is 10.6 Å². The third-order valence-electron chi connectivity index (χ3n) is 2.73. The van der Waals surface area contributed by atoms with E-state index < -0.39 is 11.7 Å². The van der Waals surface area contributed by atoms with Gasteiger partial charge in [0.05, 0.1) is 10.7 Å². The highest BCUT2D eigenvalue weighted by Gasteiger charge is 2.12. The van der Waals surface area contributed by atoms with Gasteiger partial charge in [-0.2, -0.15) is 0 Å². The summed E-state index contributed by atoms with van der Waals surface area (Å²) in [6, 6.07) is 11.2. The first-order valence-corrected chi connectivity index (χ1v) is 6.59. The van der Waals surface area contributed by atoms with Gasteiger partial charge in [-0.05, 0) is 43.3 Å². The zero-order chi connectivity index (χ0) is 14.5. The molecule has 0 atom stereocenters. The highest BCUT2D eigenvalue weighted by Crippen LogP contribution is 2.25. The first-order valence-electron chi connectivity index (χ1n) is 6.21. The van der Waals surface area contributed by atoms with E-state index >= 15 is 0 Å². The minimum absolute atomic E-state index is 0.00470. The quantitative estimate of drug-likeness (QED) is 0.888. The topological polar surface area (TPSA) is 41.1 Å². The maximum atomic E-state index is 13.6. The molecule has 0 aromatic heterocycles. The number of nitrogens with one attached hydrogen (secondary N) is 2. The molecule has 1 amide bonds. The number of hydrogen-bond donors (Lipinski definition) is 2. The van der Waals surface area contributed by atoms with E-state index in [4.69, 9.17) is 11.6 Å². The predicted octanol–water partition coefficient (Wildman–Crippen LogP) is 4.16. The van der Waals surface area contributed by atoms with Crippen LogP contribution in [0.3, 0.4) is 0 Å². The van der Waals surface area contributed by atoms with Crippen LogP contribution in [-0.2, 0) is 0 Å². The lowest BCUT2D eigenvalue weighted by Gasteiger charge is -2.09. The first-order chi connectivity index (χ1) is 9.61. The molecule has 2 N–H and O–H groups in total. The molecule has 0 saturated carbocycles. The molecule has 0 fully saturated rings. The fraction of sp³-hybridized carbons (Fsp3) is 0.133. The molecule has 2 rings (SSSR count). The lowest BCUT2D eigenvalue weighted by atomic mass is 10.2. The Morgan fingerprint density at radius 2 is 1.90 bits per heavy atom. The van der Waals surface area contributed by atoms with E-state index in [1.54, 1.807) is 24.3 Å². The fourth-order valence-corrected chi connectivity index (χ4v) is 1.96. The van der Waals surface area contributed by atoms with E-state index in [1.807, 2.05) is 6.92 Å². The zero-order valence-corrected chi connectivity index (χ0v) is 11.7. The molecule has 0 aliphatic carbocycles. The van der Waals surface area contributed by atoms with Crippen LogP contribution in [-0.4, -0.2) is 12.5 Å². The minimum Gasteiger partial charge on any atom is -0.385 e. The molecule has 5 heteroatoms. The van der Waals surface area contributed by atoms with E-state index in [0.29, 0.717) is 5.56 Å². The number of carbonyl (C=O) groups excluding carboxylic acids is 1. The summed E-state index contributed by atoms with van der Waals surface area (Å²) < 4.78 is 13.6. The number of amides is 1. The molecular weight excluding hydrogens is 279 g/mol. The molecule has 0 heterocycles. The summed E-state index contributed by atoms with van der Waals surface area (Å²) in [4.78, 5) is 12.0. The van der Waals surface area contributed by atoms with Crippen LogP contribution in [0, 0.1) is 5.82 Å². The van der Waals surface area contributed by atoms with Gasteiger partial charge in [0.1, 0.15) is 5.82 Å². The van der Waals surface area contributed by atoms with Gasteiger partial charge in [-0.15, -0.1) is 0 Å².